The zero-order chi connectivity index (χ0) is 37.2. The molecule has 51 heavy (non-hydrogen) atoms. The Kier molecular flexibility index (Phi) is 9.97. The van der Waals surface area contributed by atoms with E-state index in [4.69, 9.17) is 10.6 Å². The highest BCUT2D eigenvalue weighted by Gasteiger charge is 2.54. The lowest BCUT2D eigenvalue weighted by molar-refractivity contribution is -0.178. The molecule has 0 unspecified atom stereocenters. The van der Waals surface area contributed by atoms with Crippen molar-refractivity contribution in [2.45, 2.75) is 43.5 Å². The Labute approximate surface area is 290 Å². The normalized spacial score (nSPS) is 18.2. The number of carbonyl (C=O) groups excluding carboxylic acids is 4. The Morgan fingerprint density at radius 1 is 1.12 bits per heavy atom. The molecule has 1 aromatic carbocycles. The number of nitrogen functional groups attached to an aromatic ring is 1. The van der Waals surface area contributed by atoms with Crippen molar-refractivity contribution in [3.05, 3.63) is 74.6 Å². The van der Waals surface area contributed by atoms with Gasteiger partial charge in [0.05, 0.1) is 12.2 Å². The van der Waals surface area contributed by atoms with Gasteiger partial charge in [-0.25, -0.2) is 14.1 Å². The Morgan fingerprint density at radius 3 is 2.37 bits per heavy atom. The van der Waals surface area contributed by atoms with Gasteiger partial charge in [-0.2, -0.15) is 13.1 Å². The van der Waals surface area contributed by atoms with Crippen LogP contribution in [0.2, 0.25) is 0 Å². The zero-order valence-electron chi connectivity index (χ0n) is 25.9. The number of hydrogen-bond acceptors (Lipinski definition) is 15. The maximum atomic E-state index is 13.3. The van der Waals surface area contributed by atoms with Gasteiger partial charge in [0.1, 0.15) is 17.4 Å². The maximum absolute atomic E-state index is 13.3. The van der Waals surface area contributed by atoms with Crippen molar-refractivity contribution in [2.24, 2.45) is 5.16 Å². The van der Waals surface area contributed by atoms with Crippen LogP contribution in [0.25, 0.3) is 0 Å². The number of benzene rings is 1. The molecule has 2 aromatic heterocycles. The summed E-state index contributed by atoms with van der Waals surface area (Å²) in [5, 5.41) is 40.8. The SMILES string of the molecule is Nc1nc(/C(=N/OC2(C(=O)O)CCC2)C(=O)N[C@@H]2C(=O)N(S(=O)(=O)O)[C@@H]2CNC(=O)c2ccc(CNC(=O)c3cc(=O)c(O)cn3O)cc2)cs1. The maximum Gasteiger partial charge on any atom is 0.362 e. The highest BCUT2D eigenvalue weighted by Crippen LogP contribution is 2.36. The number of nitrogens with two attached hydrogens (primary N) is 1. The summed E-state index contributed by atoms with van der Waals surface area (Å²) in [6, 6.07) is 3.19. The first-order valence-electron chi connectivity index (χ1n) is 14.6. The van der Waals surface area contributed by atoms with Gasteiger partial charge in [-0.3, -0.25) is 28.5 Å². The molecule has 3 aromatic rings. The van der Waals surface area contributed by atoms with Crippen molar-refractivity contribution in [1.82, 2.24) is 30.0 Å². The molecule has 9 N–H and O–H groups in total. The monoisotopic (exact) mass is 748 g/mol. The van der Waals surface area contributed by atoms with Crippen LogP contribution in [0.4, 0.5) is 5.13 Å². The number of amides is 4. The summed E-state index contributed by atoms with van der Waals surface area (Å²) >= 11 is 0.920. The number of aromatic hydroxyl groups is 1. The molecular formula is C28H28N8O13S2. The average molecular weight is 749 g/mol. The molecule has 1 saturated carbocycles. The summed E-state index contributed by atoms with van der Waals surface area (Å²) in [7, 11) is -5.14. The fourth-order valence-corrected chi connectivity index (χ4v) is 6.40. The minimum absolute atomic E-state index is 0.0186. The van der Waals surface area contributed by atoms with E-state index in [-0.39, 0.29) is 44.8 Å². The van der Waals surface area contributed by atoms with E-state index < -0.39 is 86.7 Å². The van der Waals surface area contributed by atoms with Crippen LogP contribution in [0.5, 0.6) is 5.75 Å². The summed E-state index contributed by atoms with van der Waals surface area (Å²) in [5.74, 6) is -6.05. The highest BCUT2D eigenvalue weighted by molar-refractivity contribution is 7.84. The van der Waals surface area contributed by atoms with E-state index in [0.717, 1.165) is 17.4 Å². The quantitative estimate of drug-likeness (QED) is 0.0321. The van der Waals surface area contributed by atoms with Gasteiger partial charge in [-0.05, 0) is 24.1 Å². The topological polar surface area (TPSA) is 322 Å². The molecule has 1 aliphatic carbocycles. The lowest BCUT2D eigenvalue weighted by Crippen LogP contribution is -2.74. The van der Waals surface area contributed by atoms with Crippen molar-refractivity contribution in [2.75, 3.05) is 12.3 Å². The van der Waals surface area contributed by atoms with Crippen LogP contribution in [-0.4, -0.2) is 102 Å². The molecule has 2 aliphatic rings. The predicted molar refractivity (Wildman–Crippen MR) is 172 cm³/mol. The van der Waals surface area contributed by atoms with Gasteiger partial charge in [-0.15, -0.1) is 11.3 Å². The number of oxime groups is 1. The van der Waals surface area contributed by atoms with E-state index in [9.17, 15) is 57.2 Å². The van der Waals surface area contributed by atoms with E-state index in [1.165, 1.54) is 29.6 Å². The summed E-state index contributed by atoms with van der Waals surface area (Å²) in [4.78, 5) is 83.9. The number of thiazole rings is 1. The summed E-state index contributed by atoms with van der Waals surface area (Å²) in [5.41, 5.74) is 2.49. The number of pyridine rings is 1. The lowest BCUT2D eigenvalue weighted by atomic mass is 9.80. The third-order valence-corrected chi connectivity index (χ3v) is 9.55. The number of nitrogens with one attached hydrogen (secondary N) is 3. The minimum atomic E-state index is -5.14. The Morgan fingerprint density at radius 2 is 1.80 bits per heavy atom. The number of nitrogens with zero attached hydrogens (tertiary/aromatic N) is 4. The van der Waals surface area contributed by atoms with Gasteiger partial charge >= 0.3 is 16.3 Å². The lowest BCUT2D eigenvalue weighted by Gasteiger charge is -2.44. The van der Waals surface area contributed by atoms with E-state index >= 15 is 0 Å². The average Bonchev–Trinajstić information content (AvgIpc) is 3.48. The second kappa shape index (κ2) is 14.0. The molecule has 0 spiro atoms. The highest BCUT2D eigenvalue weighted by atomic mass is 32.2. The Bertz CT molecular complexity index is 2110. The number of carboxylic acid groups (broad SMARTS) is 1. The number of aromatic nitrogens is 2. The summed E-state index contributed by atoms with van der Waals surface area (Å²) in [6.45, 7) is -0.691. The van der Waals surface area contributed by atoms with Crippen LogP contribution < -0.4 is 27.1 Å². The summed E-state index contributed by atoms with van der Waals surface area (Å²) < 4.78 is 34.0. The second-order valence-corrected chi connectivity index (χ2v) is 13.4. The largest absolute Gasteiger partial charge is 0.503 e. The van der Waals surface area contributed by atoms with Crippen LogP contribution in [0.3, 0.4) is 0 Å². The fraction of sp³-hybridized carbons (Fsp3) is 0.286. The molecule has 21 nitrogen and oxygen atoms in total. The van der Waals surface area contributed by atoms with E-state index in [1.54, 1.807) is 0 Å². The van der Waals surface area contributed by atoms with E-state index in [0.29, 0.717) is 18.2 Å². The zero-order valence-corrected chi connectivity index (χ0v) is 27.5. The molecule has 1 aliphatic heterocycles. The molecule has 5 rings (SSSR count). The van der Waals surface area contributed by atoms with Crippen LogP contribution in [0.15, 0.2) is 51.9 Å². The van der Waals surface area contributed by atoms with Gasteiger partial charge in [0.15, 0.2) is 16.6 Å². The first kappa shape index (κ1) is 36.2. The van der Waals surface area contributed by atoms with Crippen LogP contribution in [-0.2, 0) is 36.1 Å². The van der Waals surface area contributed by atoms with Crippen LogP contribution in [0, 0.1) is 0 Å². The minimum Gasteiger partial charge on any atom is -0.503 e. The van der Waals surface area contributed by atoms with Gasteiger partial charge in [0.25, 0.3) is 23.6 Å². The Balaban J connectivity index is 1.24. The molecule has 2 atom stereocenters. The molecule has 3 heterocycles. The van der Waals surface area contributed by atoms with Gasteiger partial charge in [0.2, 0.25) is 11.0 Å². The third kappa shape index (κ3) is 7.58. The molecule has 0 radical (unpaired) electrons. The first-order valence-corrected chi connectivity index (χ1v) is 16.9. The smallest absolute Gasteiger partial charge is 0.362 e. The van der Waals surface area contributed by atoms with E-state index in [1.807, 2.05) is 0 Å². The van der Waals surface area contributed by atoms with Crippen LogP contribution in [0.1, 0.15) is 51.4 Å². The number of β-lactam (4-membered cyclic amide) rings is 1. The van der Waals surface area contributed by atoms with Crippen molar-refractivity contribution < 1.29 is 57.2 Å². The molecule has 270 valence electrons. The number of anilines is 1. The first-order chi connectivity index (χ1) is 24.0. The standard InChI is InChI=1S/C28H28N8O13S2/c29-27-32-15(12-50-27)20(34-49-28(26(43)44)6-1-7-28)24(41)33-21-17(36(25(21)42)51(46,47)48)10-31-22(39)14-4-2-13(3-5-14)9-30-23(40)16-8-18(37)19(38)11-35(16)45/h2-5,8,11-12,17,21,38,45H,1,6-7,9-10H2,(H2,29,32)(H,30,40)(H,31,39)(H,33,41)(H,43,44)(H,46,47,48)/b34-20-/t17-,21+/m1/s1. The molecule has 0 bridgehead atoms. The number of carbonyl (C=O) groups is 5. The molecule has 2 fully saturated rings. The number of aliphatic carboxylic acids is 1. The summed E-state index contributed by atoms with van der Waals surface area (Å²) in [6.07, 6.45) is 1.41. The third-order valence-electron chi connectivity index (χ3n) is 7.93. The van der Waals surface area contributed by atoms with Crippen molar-refractivity contribution in [1.29, 1.82) is 0 Å². The molecule has 23 heteroatoms. The van der Waals surface area contributed by atoms with Crippen molar-refractivity contribution in [3.63, 3.8) is 0 Å². The van der Waals surface area contributed by atoms with Gasteiger partial charge < -0.3 is 41.9 Å². The van der Waals surface area contributed by atoms with Gasteiger partial charge in [0, 0.05) is 42.9 Å². The molecule has 1 saturated heterocycles. The molecule has 4 amide bonds. The number of carboxylic acids is 1. The Hall–Kier alpha value is -6.07. The second-order valence-electron chi connectivity index (χ2n) is 11.2. The number of hydrogen-bond donors (Lipinski definition) is 8. The predicted octanol–water partition coefficient (Wildman–Crippen LogP) is -1.58. The molecular weight excluding hydrogens is 720 g/mol. The van der Waals surface area contributed by atoms with Crippen LogP contribution >= 0.6 is 11.3 Å². The number of rotatable bonds is 13. The van der Waals surface area contributed by atoms with E-state index in [2.05, 4.69) is 26.1 Å². The van der Waals surface area contributed by atoms with Crippen molar-refractivity contribution in [3.8, 4) is 5.75 Å². The van der Waals surface area contributed by atoms with Gasteiger partial charge in [-0.1, -0.05) is 17.3 Å². The van der Waals surface area contributed by atoms with Crippen molar-refractivity contribution >= 4 is 62.1 Å². The fourth-order valence-electron chi connectivity index (χ4n) is 4.98.